The summed E-state index contributed by atoms with van der Waals surface area (Å²) in [5.74, 6) is -0.658. The van der Waals surface area contributed by atoms with Gasteiger partial charge in [-0.2, -0.15) is 0 Å². The summed E-state index contributed by atoms with van der Waals surface area (Å²) in [6.45, 7) is 5.21. The second-order valence-electron chi connectivity index (χ2n) is 5.32. The number of pyridine rings is 1. The Labute approximate surface area is 117 Å². The van der Waals surface area contributed by atoms with E-state index in [-0.39, 0.29) is 0 Å². The Hall–Kier alpha value is -2.31. The molecule has 1 aromatic rings. The number of nitrogens with one attached hydrogen (secondary N) is 2. The Morgan fingerprint density at radius 3 is 2.40 bits per heavy atom. The predicted octanol–water partition coefficient (Wildman–Crippen LogP) is 1.71. The van der Waals surface area contributed by atoms with Gasteiger partial charge < -0.3 is 20.5 Å². The van der Waals surface area contributed by atoms with Crippen molar-refractivity contribution in [2.75, 3.05) is 12.4 Å². The maximum Gasteiger partial charge on any atom is 0.326 e. The highest BCUT2D eigenvalue weighted by atomic mass is 16.5. The number of aliphatic carboxylic acids is 1. The second-order valence-corrected chi connectivity index (χ2v) is 5.32. The fourth-order valence-electron chi connectivity index (χ4n) is 1.52. The Bertz CT molecular complexity index is 479. The molecule has 0 saturated carbocycles. The number of carboxylic acid groups (broad SMARTS) is 1. The smallest absolute Gasteiger partial charge is 0.326 e. The minimum atomic E-state index is -1.08. The normalized spacial score (nSPS) is 12.4. The number of carboxylic acids is 1. The van der Waals surface area contributed by atoms with Crippen LogP contribution in [0, 0.1) is 5.41 Å². The summed E-state index contributed by atoms with van der Waals surface area (Å²) in [4.78, 5) is 26.9. The first-order valence-electron chi connectivity index (χ1n) is 6.04. The van der Waals surface area contributed by atoms with E-state index >= 15 is 0 Å². The molecule has 20 heavy (non-hydrogen) atoms. The summed E-state index contributed by atoms with van der Waals surface area (Å²) >= 11 is 0. The lowest BCUT2D eigenvalue weighted by Gasteiger charge is -2.27. The minimum absolute atomic E-state index is 0.425. The van der Waals surface area contributed by atoms with Gasteiger partial charge in [-0.25, -0.2) is 14.6 Å². The molecule has 0 aliphatic rings. The van der Waals surface area contributed by atoms with E-state index in [9.17, 15) is 9.59 Å². The zero-order valence-electron chi connectivity index (χ0n) is 11.9. The monoisotopic (exact) mass is 281 g/mol. The standard InChI is InChI=1S/C13H19N3O4/c1-13(2,3)10(11(17)18)16-12(19)15-8-5-6-9(20-4)14-7-8/h5-7,10H,1-4H3,(H,17,18)(H2,15,16,19). The van der Waals surface area contributed by atoms with Gasteiger partial charge in [0, 0.05) is 6.07 Å². The average Bonchev–Trinajstić information content (AvgIpc) is 2.35. The van der Waals surface area contributed by atoms with Gasteiger partial charge in [0.2, 0.25) is 5.88 Å². The van der Waals surface area contributed by atoms with Crippen LogP contribution in [-0.2, 0) is 4.79 Å². The third kappa shape index (κ3) is 4.42. The van der Waals surface area contributed by atoms with Gasteiger partial charge in [-0.3, -0.25) is 0 Å². The van der Waals surface area contributed by atoms with Crippen molar-refractivity contribution in [3.63, 3.8) is 0 Å². The van der Waals surface area contributed by atoms with E-state index in [0.29, 0.717) is 11.6 Å². The molecule has 7 heteroatoms. The van der Waals surface area contributed by atoms with Gasteiger partial charge in [0.15, 0.2) is 0 Å². The van der Waals surface area contributed by atoms with Crippen molar-refractivity contribution in [3.05, 3.63) is 18.3 Å². The quantitative estimate of drug-likeness (QED) is 0.780. The summed E-state index contributed by atoms with van der Waals surface area (Å²) < 4.78 is 4.90. The van der Waals surface area contributed by atoms with E-state index in [2.05, 4.69) is 15.6 Å². The number of carbonyl (C=O) groups is 2. The number of carbonyl (C=O) groups excluding carboxylic acids is 1. The lowest BCUT2D eigenvalue weighted by Crippen LogP contribution is -2.50. The first kappa shape index (κ1) is 15.7. The first-order chi connectivity index (χ1) is 9.24. The number of nitrogens with zero attached hydrogens (tertiary/aromatic N) is 1. The van der Waals surface area contributed by atoms with E-state index in [0.717, 1.165) is 0 Å². The topological polar surface area (TPSA) is 101 Å². The van der Waals surface area contributed by atoms with Crippen LogP contribution in [0.5, 0.6) is 5.88 Å². The highest BCUT2D eigenvalue weighted by Gasteiger charge is 2.32. The maximum absolute atomic E-state index is 11.8. The second kappa shape index (κ2) is 6.23. The number of rotatable bonds is 4. The minimum Gasteiger partial charge on any atom is -0.481 e. The van der Waals surface area contributed by atoms with Crippen molar-refractivity contribution in [1.82, 2.24) is 10.3 Å². The van der Waals surface area contributed by atoms with E-state index < -0.39 is 23.5 Å². The molecule has 0 spiro atoms. The molecular weight excluding hydrogens is 262 g/mol. The number of aromatic nitrogens is 1. The summed E-state index contributed by atoms with van der Waals surface area (Å²) in [5, 5.41) is 14.1. The third-order valence-corrected chi connectivity index (χ3v) is 2.59. The van der Waals surface area contributed by atoms with Crippen molar-refractivity contribution in [3.8, 4) is 5.88 Å². The van der Waals surface area contributed by atoms with E-state index in [1.54, 1.807) is 32.9 Å². The van der Waals surface area contributed by atoms with Gasteiger partial charge in [-0.1, -0.05) is 20.8 Å². The summed E-state index contributed by atoms with van der Waals surface area (Å²) in [7, 11) is 1.49. The highest BCUT2D eigenvalue weighted by Crippen LogP contribution is 2.19. The van der Waals surface area contributed by atoms with Crippen LogP contribution in [0.15, 0.2) is 18.3 Å². The molecule has 0 saturated heterocycles. The Balaban J connectivity index is 2.68. The predicted molar refractivity (Wildman–Crippen MR) is 73.8 cm³/mol. The van der Waals surface area contributed by atoms with Crippen LogP contribution in [0.2, 0.25) is 0 Å². The Morgan fingerprint density at radius 1 is 1.35 bits per heavy atom. The lowest BCUT2D eigenvalue weighted by molar-refractivity contribution is -0.141. The maximum atomic E-state index is 11.8. The molecule has 0 aliphatic heterocycles. The number of amides is 2. The van der Waals surface area contributed by atoms with E-state index in [1.165, 1.54) is 13.3 Å². The molecule has 1 heterocycles. The molecule has 1 atom stereocenters. The van der Waals surface area contributed by atoms with E-state index in [1.807, 2.05) is 0 Å². The fraction of sp³-hybridized carbons (Fsp3) is 0.462. The number of anilines is 1. The number of hydrogen-bond donors (Lipinski definition) is 3. The van der Waals surface area contributed by atoms with Crippen molar-refractivity contribution in [1.29, 1.82) is 0 Å². The summed E-state index contributed by atoms with van der Waals surface area (Å²) in [5.41, 5.74) is -0.150. The van der Waals surface area contributed by atoms with Crippen LogP contribution in [-0.4, -0.2) is 35.2 Å². The molecule has 1 rings (SSSR count). The van der Waals surface area contributed by atoms with E-state index in [4.69, 9.17) is 9.84 Å². The highest BCUT2D eigenvalue weighted by molar-refractivity contribution is 5.92. The Morgan fingerprint density at radius 2 is 2.00 bits per heavy atom. The van der Waals surface area contributed by atoms with Crippen molar-refractivity contribution >= 4 is 17.7 Å². The zero-order chi connectivity index (χ0) is 15.3. The fourth-order valence-corrected chi connectivity index (χ4v) is 1.52. The molecule has 0 fully saturated rings. The molecule has 0 radical (unpaired) electrons. The van der Waals surface area contributed by atoms with Crippen molar-refractivity contribution in [2.45, 2.75) is 26.8 Å². The molecule has 0 aromatic carbocycles. The number of ether oxygens (including phenoxy) is 1. The number of methoxy groups -OCH3 is 1. The molecule has 0 bridgehead atoms. The van der Waals surface area contributed by atoms with Gasteiger partial charge in [0.1, 0.15) is 6.04 Å². The largest absolute Gasteiger partial charge is 0.481 e. The SMILES string of the molecule is COc1ccc(NC(=O)NC(C(=O)O)C(C)(C)C)cn1. The summed E-state index contributed by atoms with van der Waals surface area (Å²) in [6, 6.07) is 1.61. The molecule has 0 aliphatic carbocycles. The van der Waals surface area contributed by atoms with Gasteiger partial charge in [-0.15, -0.1) is 0 Å². The van der Waals surface area contributed by atoms with Gasteiger partial charge >= 0.3 is 12.0 Å². The van der Waals surface area contributed by atoms with Crippen LogP contribution in [0.25, 0.3) is 0 Å². The summed E-state index contributed by atoms with van der Waals surface area (Å²) in [6.07, 6.45) is 1.42. The van der Waals surface area contributed by atoms with Gasteiger partial charge in [0.25, 0.3) is 0 Å². The van der Waals surface area contributed by atoms with Gasteiger partial charge in [0.05, 0.1) is 19.0 Å². The first-order valence-corrected chi connectivity index (χ1v) is 6.04. The van der Waals surface area contributed by atoms with Crippen molar-refractivity contribution < 1.29 is 19.4 Å². The van der Waals surface area contributed by atoms with Crippen LogP contribution in [0.1, 0.15) is 20.8 Å². The van der Waals surface area contributed by atoms with Crippen LogP contribution >= 0.6 is 0 Å². The number of urea groups is 1. The molecular formula is C13H19N3O4. The molecule has 3 N–H and O–H groups in total. The van der Waals surface area contributed by atoms with Crippen LogP contribution in [0.3, 0.4) is 0 Å². The average molecular weight is 281 g/mol. The number of hydrogen-bond acceptors (Lipinski definition) is 4. The molecule has 7 nitrogen and oxygen atoms in total. The molecule has 1 unspecified atom stereocenters. The van der Waals surface area contributed by atoms with Crippen LogP contribution in [0.4, 0.5) is 10.5 Å². The van der Waals surface area contributed by atoms with Crippen molar-refractivity contribution in [2.24, 2.45) is 5.41 Å². The molecule has 110 valence electrons. The third-order valence-electron chi connectivity index (χ3n) is 2.59. The van der Waals surface area contributed by atoms with Crippen LogP contribution < -0.4 is 15.4 Å². The molecule has 1 aromatic heterocycles. The lowest BCUT2D eigenvalue weighted by atomic mass is 9.87. The van der Waals surface area contributed by atoms with Gasteiger partial charge in [-0.05, 0) is 11.5 Å². The zero-order valence-corrected chi connectivity index (χ0v) is 11.9. The molecule has 2 amide bonds. The Kier molecular flexibility index (Phi) is 4.90.